The molecule has 64 heavy (non-hydrogen) atoms. The fourth-order valence-corrected chi connectivity index (χ4v) is 7.68. The molecule has 374 valence electrons. The Morgan fingerprint density at radius 2 is 0.734 bits per heavy atom. The average molecular weight is 953 g/mol. The van der Waals surface area contributed by atoms with E-state index in [0.29, 0.717) is 12.8 Å². The number of rotatable bonds is 46. The van der Waals surface area contributed by atoms with Gasteiger partial charge < -0.3 is 34.6 Å². The summed E-state index contributed by atoms with van der Waals surface area (Å²) >= 11 is 0. The minimum Gasteiger partial charge on any atom is -0.463 e. The SMILES string of the molecule is CC/C=C/C=C/C=C/CCCCCCCCCC(=O)OCC(O)COP(=O)(O)OCC(O)COP(=O)(O)OCC(O)COC(=O)CCCCCCCCC/C=C/CCCCCCCC. The van der Waals surface area contributed by atoms with E-state index >= 15 is 0 Å². The van der Waals surface area contributed by atoms with Crippen LogP contribution in [-0.2, 0) is 46.3 Å². The van der Waals surface area contributed by atoms with Crippen molar-refractivity contribution in [2.45, 2.75) is 199 Å². The molecule has 0 saturated carbocycles. The molecule has 0 fully saturated rings. The van der Waals surface area contributed by atoms with Crippen LogP contribution in [-0.4, -0.2) is 95.0 Å². The average Bonchev–Trinajstić information content (AvgIpc) is 3.27. The number of allylic oxidation sites excluding steroid dienone is 8. The van der Waals surface area contributed by atoms with E-state index in [2.05, 4.69) is 62.3 Å². The Balaban J connectivity index is 3.89. The van der Waals surface area contributed by atoms with Gasteiger partial charge in [0.15, 0.2) is 0 Å². The van der Waals surface area contributed by atoms with Gasteiger partial charge in [0.1, 0.15) is 31.5 Å². The second-order valence-electron chi connectivity index (χ2n) is 16.2. The van der Waals surface area contributed by atoms with Crippen molar-refractivity contribution in [2.75, 3.05) is 39.6 Å². The van der Waals surface area contributed by atoms with Crippen LogP contribution in [0.25, 0.3) is 0 Å². The summed E-state index contributed by atoms with van der Waals surface area (Å²) < 4.78 is 53.0. The maximum absolute atomic E-state index is 12.2. The van der Waals surface area contributed by atoms with Crippen LogP contribution in [0, 0.1) is 0 Å². The molecule has 0 heterocycles. The van der Waals surface area contributed by atoms with Crippen LogP contribution >= 0.6 is 15.6 Å². The van der Waals surface area contributed by atoms with E-state index in [0.717, 1.165) is 83.5 Å². The third-order valence-corrected chi connectivity index (χ3v) is 11.7. The molecule has 5 N–H and O–H groups in total. The Kier molecular flexibility index (Phi) is 42.2. The van der Waals surface area contributed by atoms with Crippen LogP contribution in [0.15, 0.2) is 48.6 Å². The fourth-order valence-electron chi connectivity index (χ4n) is 6.09. The molecule has 0 aromatic heterocycles. The number of hydrogen-bond acceptors (Lipinski definition) is 13. The molecule has 5 unspecified atom stereocenters. The highest BCUT2D eigenvalue weighted by molar-refractivity contribution is 7.47. The minimum atomic E-state index is -4.79. The first-order valence-corrected chi connectivity index (χ1v) is 27.0. The van der Waals surface area contributed by atoms with E-state index in [4.69, 9.17) is 9.47 Å². The second-order valence-corrected chi connectivity index (χ2v) is 19.1. The van der Waals surface area contributed by atoms with Gasteiger partial charge in [-0.05, 0) is 57.8 Å². The number of phosphoric acid groups is 2. The lowest BCUT2D eigenvalue weighted by Crippen LogP contribution is -2.25. The molecule has 15 nitrogen and oxygen atoms in total. The van der Waals surface area contributed by atoms with Gasteiger partial charge in [-0.3, -0.25) is 27.7 Å². The molecule has 0 aliphatic rings. The van der Waals surface area contributed by atoms with Crippen LogP contribution in [0.1, 0.15) is 181 Å². The predicted octanol–water partition coefficient (Wildman–Crippen LogP) is 10.8. The largest absolute Gasteiger partial charge is 0.472 e. The molecular weight excluding hydrogens is 866 g/mol. The molecule has 0 rings (SSSR count). The molecule has 0 spiro atoms. The van der Waals surface area contributed by atoms with Crippen molar-refractivity contribution in [1.82, 2.24) is 0 Å². The number of esters is 2. The lowest BCUT2D eigenvalue weighted by atomic mass is 10.1. The van der Waals surface area contributed by atoms with Gasteiger partial charge in [0, 0.05) is 12.8 Å². The number of carbonyl (C=O) groups is 2. The third-order valence-electron chi connectivity index (χ3n) is 9.83. The van der Waals surface area contributed by atoms with E-state index in [1.807, 2.05) is 18.2 Å². The second kappa shape index (κ2) is 43.6. The predicted molar refractivity (Wildman–Crippen MR) is 251 cm³/mol. The number of unbranched alkanes of at least 4 members (excludes halogenated alkanes) is 20. The molecule has 0 bridgehead atoms. The summed E-state index contributed by atoms with van der Waals surface area (Å²) in [6.45, 7) is 0.269. The van der Waals surface area contributed by atoms with Crippen molar-refractivity contribution in [3.8, 4) is 0 Å². The summed E-state index contributed by atoms with van der Waals surface area (Å²) in [6, 6.07) is 0. The van der Waals surface area contributed by atoms with E-state index in [1.54, 1.807) is 0 Å². The van der Waals surface area contributed by atoms with Gasteiger partial charge in [-0.2, -0.15) is 0 Å². The van der Waals surface area contributed by atoms with E-state index in [-0.39, 0.29) is 12.8 Å². The van der Waals surface area contributed by atoms with Gasteiger partial charge in [0.05, 0.1) is 26.4 Å². The normalized spacial score (nSPS) is 15.5. The fraction of sp³-hybridized carbons (Fsp3) is 0.787. The highest BCUT2D eigenvalue weighted by atomic mass is 31.2. The van der Waals surface area contributed by atoms with E-state index in [9.17, 15) is 43.8 Å². The van der Waals surface area contributed by atoms with E-state index in [1.165, 1.54) is 57.8 Å². The molecule has 0 saturated heterocycles. The Hall–Kier alpha value is -2.00. The zero-order valence-corrected chi connectivity index (χ0v) is 41.0. The molecule has 0 radical (unpaired) electrons. The lowest BCUT2D eigenvalue weighted by Gasteiger charge is -2.19. The van der Waals surface area contributed by atoms with Gasteiger partial charge in [0.2, 0.25) is 0 Å². The summed E-state index contributed by atoms with van der Waals surface area (Å²) in [6.07, 6.45) is 39.5. The molecular formula is C47H86O15P2. The number of hydrogen-bond donors (Lipinski definition) is 5. The van der Waals surface area contributed by atoms with Gasteiger partial charge in [-0.1, -0.05) is 159 Å². The van der Waals surface area contributed by atoms with Crippen molar-refractivity contribution in [3.63, 3.8) is 0 Å². The minimum absolute atomic E-state index is 0.182. The Labute approximate surface area is 385 Å². The molecule has 0 amide bonds. The zero-order valence-electron chi connectivity index (χ0n) is 39.2. The molecule has 5 atom stereocenters. The number of phosphoric ester groups is 2. The maximum atomic E-state index is 12.2. The first kappa shape index (κ1) is 62.0. The summed E-state index contributed by atoms with van der Waals surface area (Å²) in [4.78, 5) is 43.7. The monoisotopic (exact) mass is 953 g/mol. The first-order valence-electron chi connectivity index (χ1n) is 24.0. The van der Waals surface area contributed by atoms with Crippen molar-refractivity contribution >= 4 is 27.6 Å². The van der Waals surface area contributed by atoms with Crippen LogP contribution in [0.3, 0.4) is 0 Å². The Morgan fingerprint density at radius 3 is 1.11 bits per heavy atom. The van der Waals surface area contributed by atoms with Crippen molar-refractivity contribution in [1.29, 1.82) is 0 Å². The maximum Gasteiger partial charge on any atom is 0.472 e. The summed E-state index contributed by atoms with van der Waals surface area (Å²) in [5.74, 6) is -1.01. The topological polar surface area (TPSA) is 225 Å². The molecule has 0 aromatic carbocycles. The summed E-state index contributed by atoms with van der Waals surface area (Å²) in [5.41, 5.74) is 0. The van der Waals surface area contributed by atoms with Gasteiger partial charge in [-0.15, -0.1) is 0 Å². The highest BCUT2D eigenvalue weighted by Crippen LogP contribution is 2.45. The summed E-state index contributed by atoms with van der Waals surface area (Å²) in [5, 5.41) is 30.0. The van der Waals surface area contributed by atoms with Crippen LogP contribution in [0.4, 0.5) is 0 Å². The molecule has 0 aliphatic heterocycles. The quantitative estimate of drug-likeness (QED) is 0.0126. The molecule has 0 aliphatic carbocycles. The molecule has 17 heteroatoms. The van der Waals surface area contributed by atoms with Crippen LogP contribution < -0.4 is 0 Å². The first-order chi connectivity index (χ1) is 30.8. The van der Waals surface area contributed by atoms with Gasteiger partial charge in [-0.25, -0.2) is 9.13 Å². The smallest absolute Gasteiger partial charge is 0.463 e. The third kappa shape index (κ3) is 45.2. The van der Waals surface area contributed by atoms with Crippen molar-refractivity contribution in [2.24, 2.45) is 0 Å². The van der Waals surface area contributed by atoms with Crippen LogP contribution in [0.5, 0.6) is 0 Å². The number of aliphatic hydroxyl groups is 3. The van der Waals surface area contributed by atoms with Crippen molar-refractivity contribution in [3.05, 3.63) is 48.6 Å². The number of carbonyl (C=O) groups excluding carboxylic acids is 2. The van der Waals surface area contributed by atoms with Crippen LogP contribution in [0.2, 0.25) is 0 Å². The number of aliphatic hydroxyl groups excluding tert-OH is 3. The zero-order chi connectivity index (χ0) is 47.4. The van der Waals surface area contributed by atoms with E-state index < -0.39 is 85.5 Å². The van der Waals surface area contributed by atoms with Crippen molar-refractivity contribution < 1.29 is 71.4 Å². The van der Waals surface area contributed by atoms with Gasteiger partial charge >= 0.3 is 27.6 Å². The lowest BCUT2D eigenvalue weighted by molar-refractivity contribution is -0.148. The Morgan fingerprint density at radius 1 is 0.422 bits per heavy atom. The summed E-state index contributed by atoms with van der Waals surface area (Å²) in [7, 11) is -9.57. The highest BCUT2D eigenvalue weighted by Gasteiger charge is 2.28. The number of ether oxygens (including phenoxy) is 2. The molecule has 0 aromatic rings. The van der Waals surface area contributed by atoms with Gasteiger partial charge in [0.25, 0.3) is 0 Å². The Bertz CT molecular complexity index is 1340. The standard InChI is InChI=1S/C47H86O15P2/c1-3-5-7-9-11-13-15-17-19-20-22-24-26-28-30-32-34-36-47(52)58-38-44(49)40-60-64(55,56)62-42-45(50)41-61-63(53,54)59-39-43(48)37-57-46(51)35-33-31-29-27-25-23-21-18-16-14-12-10-8-6-4-2/h6,8,10,12,14,16-17,19,43-45,48-50H,3-5,7,9,11,13,15,18,20-42H2,1-2H3,(H,53,54)(H,55,56)/b8-6+,12-10+,16-14+,19-17+.